The zero-order valence-electron chi connectivity index (χ0n) is 11.6. The van der Waals surface area contributed by atoms with Crippen molar-refractivity contribution in [3.8, 4) is 0 Å². The van der Waals surface area contributed by atoms with Crippen LogP contribution in [0.5, 0.6) is 0 Å². The van der Waals surface area contributed by atoms with E-state index in [4.69, 9.17) is 11.6 Å². The Labute approximate surface area is 127 Å². The second-order valence-corrected chi connectivity index (χ2v) is 6.53. The molecule has 0 spiro atoms. The third-order valence-corrected chi connectivity index (χ3v) is 4.96. The van der Waals surface area contributed by atoms with Crippen molar-refractivity contribution in [3.63, 3.8) is 0 Å². The molecular weight excluding hydrogens is 292 g/mol. The van der Waals surface area contributed by atoms with E-state index < -0.39 is 0 Å². The van der Waals surface area contributed by atoms with Gasteiger partial charge < -0.3 is 9.88 Å². The molecule has 1 N–H and O–H groups in total. The molecule has 4 nitrogen and oxygen atoms in total. The fourth-order valence-electron chi connectivity index (χ4n) is 1.86. The van der Waals surface area contributed by atoms with Gasteiger partial charge >= 0.3 is 0 Å². The van der Waals surface area contributed by atoms with Gasteiger partial charge in [0.2, 0.25) is 0 Å². The van der Waals surface area contributed by atoms with Crippen LogP contribution in [0.25, 0.3) is 0 Å². The Bertz CT molecular complexity index is 622. The van der Waals surface area contributed by atoms with Crippen molar-refractivity contribution in [3.05, 3.63) is 34.6 Å². The highest BCUT2D eigenvalue weighted by Gasteiger charge is 2.20. The lowest BCUT2D eigenvalue weighted by atomic mass is 10.2. The van der Waals surface area contributed by atoms with Gasteiger partial charge in [-0.05, 0) is 49.2 Å². The number of hydrogen-bond donors (Lipinski definition) is 1. The van der Waals surface area contributed by atoms with Crippen LogP contribution < -0.4 is 5.32 Å². The van der Waals surface area contributed by atoms with E-state index in [0.29, 0.717) is 6.04 Å². The minimum atomic E-state index is 0.712. The molecule has 1 aliphatic rings. The molecule has 1 aromatic heterocycles. The molecule has 0 bridgehead atoms. The maximum absolute atomic E-state index is 6.36. The van der Waals surface area contributed by atoms with E-state index >= 15 is 0 Å². The molecule has 3 rings (SSSR count). The average Bonchev–Trinajstić information content (AvgIpc) is 3.21. The largest absolute Gasteiger partial charge is 0.310 e. The van der Waals surface area contributed by atoms with Gasteiger partial charge in [0.1, 0.15) is 5.82 Å². The van der Waals surface area contributed by atoms with Crippen LogP contribution in [-0.2, 0) is 13.6 Å². The third-order valence-electron chi connectivity index (χ3n) is 3.42. The molecule has 0 aliphatic heterocycles. The summed E-state index contributed by atoms with van der Waals surface area (Å²) in [6.07, 6.45) is 2.60. The molecule has 1 aliphatic carbocycles. The highest BCUT2D eigenvalue weighted by molar-refractivity contribution is 7.99. The Morgan fingerprint density at radius 3 is 2.80 bits per heavy atom. The second kappa shape index (κ2) is 5.76. The Kier molecular flexibility index (Phi) is 4.01. The topological polar surface area (TPSA) is 42.7 Å². The van der Waals surface area contributed by atoms with Crippen LogP contribution in [0.4, 0.5) is 0 Å². The summed E-state index contributed by atoms with van der Waals surface area (Å²) in [6.45, 7) is 2.82. The zero-order valence-corrected chi connectivity index (χ0v) is 13.1. The molecule has 20 heavy (non-hydrogen) atoms. The molecule has 0 unspecified atom stereocenters. The minimum Gasteiger partial charge on any atom is -0.310 e. The van der Waals surface area contributed by atoms with E-state index in [1.54, 1.807) is 11.8 Å². The van der Waals surface area contributed by atoms with Crippen molar-refractivity contribution in [2.24, 2.45) is 7.05 Å². The predicted molar refractivity (Wildman–Crippen MR) is 81.2 cm³/mol. The van der Waals surface area contributed by atoms with Crippen LogP contribution in [0.3, 0.4) is 0 Å². The first kappa shape index (κ1) is 13.9. The van der Waals surface area contributed by atoms with E-state index in [2.05, 4.69) is 27.6 Å². The number of nitrogens with zero attached hydrogens (tertiary/aromatic N) is 3. The maximum atomic E-state index is 6.36. The lowest BCUT2D eigenvalue weighted by molar-refractivity contribution is 0.687. The third kappa shape index (κ3) is 3.16. The van der Waals surface area contributed by atoms with E-state index in [1.807, 2.05) is 24.6 Å². The first-order valence-electron chi connectivity index (χ1n) is 6.69. The van der Waals surface area contributed by atoms with Crippen molar-refractivity contribution < 1.29 is 0 Å². The van der Waals surface area contributed by atoms with E-state index in [0.717, 1.165) is 27.4 Å². The summed E-state index contributed by atoms with van der Waals surface area (Å²) >= 11 is 7.91. The van der Waals surface area contributed by atoms with Crippen LogP contribution in [0, 0.1) is 6.92 Å². The minimum absolute atomic E-state index is 0.712. The van der Waals surface area contributed by atoms with Crippen LogP contribution in [0.1, 0.15) is 24.2 Å². The number of aryl methyl sites for hydroxylation is 1. The van der Waals surface area contributed by atoms with Gasteiger partial charge in [0.05, 0.1) is 5.02 Å². The Morgan fingerprint density at radius 2 is 2.20 bits per heavy atom. The van der Waals surface area contributed by atoms with Gasteiger partial charge in [-0.1, -0.05) is 17.7 Å². The summed E-state index contributed by atoms with van der Waals surface area (Å²) in [5, 5.41) is 13.3. The van der Waals surface area contributed by atoms with Gasteiger partial charge in [-0.2, -0.15) is 0 Å². The summed E-state index contributed by atoms with van der Waals surface area (Å²) in [5.74, 6) is 0.897. The number of hydrogen-bond acceptors (Lipinski definition) is 4. The van der Waals surface area contributed by atoms with Gasteiger partial charge in [0.15, 0.2) is 5.16 Å². The van der Waals surface area contributed by atoms with Crippen LogP contribution in [-0.4, -0.2) is 20.8 Å². The highest BCUT2D eigenvalue weighted by atomic mass is 35.5. The summed E-state index contributed by atoms with van der Waals surface area (Å²) in [4.78, 5) is 1.01. The summed E-state index contributed by atoms with van der Waals surface area (Å²) < 4.78 is 1.96. The fourth-order valence-corrected chi connectivity index (χ4v) is 3.02. The second-order valence-electron chi connectivity index (χ2n) is 5.11. The predicted octanol–water partition coefficient (Wildman–Crippen LogP) is 3.18. The van der Waals surface area contributed by atoms with Crippen LogP contribution >= 0.6 is 23.4 Å². The van der Waals surface area contributed by atoms with Gasteiger partial charge in [-0.25, -0.2) is 0 Å². The zero-order chi connectivity index (χ0) is 14.1. The van der Waals surface area contributed by atoms with E-state index in [-0.39, 0.29) is 0 Å². The summed E-state index contributed by atoms with van der Waals surface area (Å²) in [7, 11) is 1.96. The molecule has 2 aromatic rings. The van der Waals surface area contributed by atoms with Crippen LogP contribution in [0.15, 0.2) is 28.3 Å². The molecule has 1 heterocycles. The van der Waals surface area contributed by atoms with Crippen molar-refractivity contribution in [2.45, 2.75) is 42.4 Å². The number of benzene rings is 1. The monoisotopic (exact) mass is 308 g/mol. The van der Waals surface area contributed by atoms with Crippen molar-refractivity contribution in [1.82, 2.24) is 20.1 Å². The Morgan fingerprint density at radius 1 is 1.40 bits per heavy atom. The van der Waals surface area contributed by atoms with Gasteiger partial charge in [0, 0.05) is 24.5 Å². The Hall–Kier alpha value is -1.04. The summed E-state index contributed by atoms with van der Waals surface area (Å²) in [6, 6.07) is 6.92. The van der Waals surface area contributed by atoms with E-state index in [9.17, 15) is 0 Å². The number of rotatable bonds is 5. The SMILES string of the molecule is Cc1nnc(Sc2ccc(CNC3CC3)cc2Cl)n1C. The van der Waals surface area contributed by atoms with Gasteiger partial charge in [0.25, 0.3) is 0 Å². The van der Waals surface area contributed by atoms with Crippen LogP contribution in [0.2, 0.25) is 5.02 Å². The molecular formula is C14H17ClN4S. The summed E-state index contributed by atoms with van der Waals surface area (Å²) in [5.41, 5.74) is 1.22. The van der Waals surface area contributed by atoms with Gasteiger partial charge in [-0.15, -0.1) is 10.2 Å². The smallest absolute Gasteiger partial charge is 0.195 e. The normalized spacial score (nSPS) is 14.8. The first-order chi connectivity index (χ1) is 9.63. The molecule has 1 fully saturated rings. The average molecular weight is 309 g/mol. The number of aromatic nitrogens is 3. The quantitative estimate of drug-likeness (QED) is 0.921. The molecule has 6 heteroatoms. The molecule has 0 amide bonds. The fraction of sp³-hybridized carbons (Fsp3) is 0.429. The van der Waals surface area contributed by atoms with Gasteiger partial charge in [-0.3, -0.25) is 0 Å². The standard InChI is InChI=1S/C14H17ClN4S/c1-9-17-18-14(19(9)2)20-13-6-3-10(7-12(13)15)8-16-11-4-5-11/h3,6-7,11,16H,4-5,8H2,1-2H3. The maximum Gasteiger partial charge on any atom is 0.195 e. The lowest BCUT2D eigenvalue weighted by Crippen LogP contribution is -2.15. The molecule has 1 saturated carbocycles. The molecule has 106 valence electrons. The van der Waals surface area contributed by atoms with Crippen molar-refractivity contribution in [2.75, 3.05) is 0 Å². The van der Waals surface area contributed by atoms with E-state index in [1.165, 1.54) is 18.4 Å². The lowest BCUT2D eigenvalue weighted by Gasteiger charge is -2.07. The van der Waals surface area contributed by atoms with Crippen molar-refractivity contribution in [1.29, 1.82) is 0 Å². The van der Waals surface area contributed by atoms with Crippen molar-refractivity contribution >= 4 is 23.4 Å². The number of halogens is 1. The highest BCUT2D eigenvalue weighted by Crippen LogP contribution is 2.33. The number of nitrogens with one attached hydrogen (secondary N) is 1. The first-order valence-corrected chi connectivity index (χ1v) is 7.88. The molecule has 0 atom stereocenters. The Balaban J connectivity index is 1.71. The molecule has 0 saturated heterocycles. The molecule has 0 radical (unpaired) electrons. The molecule has 1 aromatic carbocycles.